The summed E-state index contributed by atoms with van der Waals surface area (Å²) in [5, 5.41) is 10.5. The average molecular weight is 192 g/mol. The van der Waals surface area contributed by atoms with Crippen LogP contribution in [-0.2, 0) is 4.79 Å². The van der Waals surface area contributed by atoms with Gasteiger partial charge in [-0.15, -0.1) is 0 Å². The van der Waals surface area contributed by atoms with Gasteiger partial charge in [-0.25, -0.2) is 4.39 Å². The molecule has 72 valence electrons. The van der Waals surface area contributed by atoms with Crippen molar-refractivity contribution in [3.05, 3.63) is 29.6 Å². The lowest BCUT2D eigenvalue weighted by Crippen LogP contribution is -2.11. The van der Waals surface area contributed by atoms with Crippen molar-refractivity contribution in [2.75, 3.05) is 5.32 Å². The molecule has 0 spiro atoms. The summed E-state index contributed by atoms with van der Waals surface area (Å²) >= 11 is 0. The number of amides is 1. The number of hydrogen-bond donors (Lipinski definition) is 1. The van der Waals surface area contributed by atoms with Crippen LogP contribution in [-0.4, -0.2) is 5.91 Å². The molecular weight excluding hydrogens is 183 g/mol. The zero-order valence-corrected chi connectivity index (χ0v) is 7.67. The first-order valence-electron chi connectivity index (χ1n) is 4.06. The molecule has 0 aliphatic rings. The van der Waals surface area contributed by atoms with Crippen LogP contribution < -0.4 is 5.32 Å². The van der Waals surface area contributed by atoms with Crippen LogP contribution >= 0.6 is 0 Å². The van der Waals surface area contributed by atoms with Gasteiger partial charge in [0.25, 0.3) is 0 Å². The number of aryl methyl sites for hydroxylation is 1. The number of carbonyl (C=O) groups excluding carboxylic acids is 1. The lowest BCUT2D eigenvalue weighted by atomic mass is 10.2. The molecule has 0 unspecified atom stereocenters. The first-order chi connectivity index (χ1) is 6.63. The molecule has 1 aromatic rings. The number of halogens is 1. The smallest absolute Gasteiger partial charge is 0.238 e. The molecule has 1 amide bonds. The molecule has 4 heteroatoms. The minimum atomic E-state index is -0.504. The van der Waals surface area contributed by atoms with E-state index < -0.39 is 11.7 Å². The molecule has 1 rings (SSSR count). The molecule has 1 N–H and O–H groups in total. The van der Waals surface area contributed by atoms with E-state index in [2.05, 4.69) is 5.32 Å². The third-order valence-electron chi connectivity index (χ3n) is 1.64. The molecule has 0 saturated heterocycles. The lowest BCUT2D eigenvalue weighted by Gasteiger charge is -2.04. The Balaban J connectivity index is 2.78. The zero-order valence-electron chi connectivity index (χ0n) is 7.67. The Labute approximate surface area is 81.2 Å². The van der Waals surface area contributed by atoms with Crippen molar-refractivity contribution in [3.63, 3.8) is 0 Å². The fourth-order valence-corrected chi connectivity index (χ4v) is 0.988. The molecule has 0 fully saturated rings. The van der Waals surface area contributed by atoms with Crippen molar-refractivity contribution in [1.29, 1.82) is 5.26 Å². The molecule has 0 aliphatic heterocycles. The van der Waals surface area contributed by atoms with E-state index in [9.17, 15) is 9.18 Å². The maximum Gasteiger partial charge on any atom is 0.238 e. The van der Waals surface area contributed by atoms with E-state index >= 15 is 0 Å². The molecule has 0 aliphatic carbocycles. The SMILES string of the molecule is Cc1ccc(NC(=O)CC#N)c(F)c1. The maximum atomic E-state index is 13.2. The minimum Gasteiger partial charge on any atom is -0.323 e. The van der Waals surface area contributed by atoms with E-state index in [4.69, 9.17) is 5.26 Å². The van der Waals surface area contributed by atoms with E-state index in [0.717, 1.165) is 5.56 Å². The van der Waals surface area contributed by atoms with Crippen molar-refractivity contribution in [2.45, 2.75) is 13.3 Å². The fraction of sp³-hybridized carbons (Fsp3) is 0.200. The van der Waals surface area contributed by atoms with Crippen LogP contribution in [0.5, 0.6) is 0 Å². The van der Waals surface area contributed by atoms with Gasteiger partial charge in [-0.05, 0) is 24.6 Å². The van der Waals surface area contributed by atoms with Gasteiger partial charge in [-0.3, -0.25) is 4.79 Å². The Bertz CT molecular complexity index is 396. The lowest BCUT2D eigenvalue weighted by molar-refractivity contribution is -0.115. The molecule has 14 heavy (non-hydrogen) atoms. The predicted octanol–water partition coefficient (Wildman–Crippen LogP) is 1.99. The summed E-state index contributed by atoms with van der Waals surface area (Å²) in [4.78, 5) is 10.9. The molecule has 0 bridgehead atoms. The number of nitriles is 1. The summed E-state index contributed by atoms with van der Waals surface area (Å²) in [6.45, 7) is 1.75. The van der Waals surface area contributed by atoms with Crippen molar-refractivity contribution in [3.8, 4) is 6.07 Å². The highest BCUT2D eigenvalue weighted by Gasteiger charge is 2.05. The van der Waals surface area contributed by atoms with Gasteiger partial charge in [0.1, 0.15) is 12.2 Å². The first kappa shape index (κ1) is 10.2. The standard InChI is InChI=1S/C10H9FN2O/c1-7-2-3-9(8(11)6-7)13-10(14)4-5-12/h2-3,6H,4H2,1H3,(H,13,14). The Kier molecular flexibility index (Phi) is 3.19. The van der Waals surface area contributed by atoms with Crippen LogP contribution in [0.4, 0.5) is 10.1 Å². The highest BCUT2D eigenvalue weighted by Crippen LogP contribution is 2.15. The average Bonchev–Trinajstić information content (AvgIpc) is 2.10. The van der Waals surface area contributed by atoms with Crippen LogP contribution in [0.25, 0.3) is 0 Å². The van der Waals surface area contributed by atoms with Gasteiger partial charge in [-0.1, -0.05) is 6.07 Å². The number of carbonyl (C=O) groups is 1. The summed E-state index contributed by atoms with van der Waals surface area (Å²) < 4.78 is 13.2. The number of benzene rings is 1. The molecule has 0 heterocycles. The monoisotopic (exact) mass is 192 g/mol. The van der Waals surface area contributed by atoms with Gasteiger partial charge in [0.15, 0.2) is 0 Å². The third-order valence-corrected chi connectivity index (χ3v) is 1.64. The van der Waals surface area contributed by atoms with Gasteiger partial charge < -0.3 is 5.32 Å². The van der Waals surface area contributed by atoms with Crippen molar-refractivity contribution < 1.29 is 9.18 Å². The first-order valence-corrected chi connectivity index (χ1v) is 4.06. The zero-order chi connectivity index (χ0) is 10.6. The van der Waals surface area contributed by atoms with E-state index in [0.29, 0.717) is 0 Å². The summed E-state index contributed by atoms with van der Waals surface area (Å²) in [7, 11) is 0. The Morgan fingerprint density at radius 1 is 1.64 bits per heavy atom. The summed E-state index contributed by atoms with van der Waals surface area (Å²) in [5.74, 6) is -0.994. The van der Waals surface area contributed by atoms with E-state index in [1.165, 1.54) is 12.1 Å². The van der Waals surface area contributed by atoms with Crippen molar-refractivity contribution in [1.82, 2.24) is 0 Å². The Hall–Kier alpha value is -1.89. The van der Waals surface area contributed by atoms with Crippen LogP contribution in [0.15, 0.2) is 18.2 Å². The number of hydrogen-bond acceptors (Lipinski definition) is 2. The van der Waals surface area contributed by atoms with Gasteiger partial charge >= 0.3 is 0 Å². The highest BCUT2D eigenvalue weighted by molar-refractivity contribution is 5.92. The van der Waals surface area contributed by atoms with Gasteiger partial charge in [0.05, 0.1) is 11.8 Å². The fourth-order valence-electron chi connectivity index (χ4n) is 0.988. The number of nitrogens with zero attached hydrogens (tertiary/aromatic N) is 1. The maximum absolute atomic E-state index is 13.2. The second kappa shape index (κ2) is 4.38. The number of nitrogens with one attached hydrogen (secondary N) is 1. The molecule has 3 nitrogen and oxygen atoms in total. The van der Waals surface area contributed by atoms with Crippen molar-refractivity contribution in [2.24, 2.45) is 0 Å². The number of anilines is 1. The van der Waals surface area contributed by atoms with Gasteiger partial charge in [-0.2, -0.15) is 5.26 Å². The molecule has 0 radical (unpaired) electrons. The van der Waals surface area contributed by atoms with Crippen molar-refractivity contribution >= 4 is 11.6 Å². The van der Waals surface area contributed by atoms with Crippen LogP contribution in [0.3, 0.4) is 0 Å². The molecule has 0 saturated carbocycles. The van der Waals surface area contributed by atoms with Gasteiger partial charge in [0, 0.05) is 0 Å². The third kappa shape index (κ3) is 2.56. The predicted molar refractivity (Wildman–Crippen MR) is 50.0 cm³/mol. The molecule has 0 aromatic heterocycles. The van der Waals surface area contributed by atoms with Gasteiger partial charge in [0.2, 0.25) is 5.91 Å². The van der Waals surface area contributed by atoms with E-state index in [-0.39, 0.29) is 12.1 Å². The second-order valence-electron chi connectivity index (χ2n) is 2.87. The topological polar surface area (TPSA) is 52.9 Å². The van der Waals surface area contributed by atoms with Crippen LogP contribution in [0, 0.1) is 24.1 Å². The molecule has 0 atom stereocenters. The Morgan fingerprint density at radius 2 is 2.36 bits per heavy atom. The molecular formula is C10H9FN2O. The summed E-state index contributed by atoms with van der Waals surface area (Å²) in [6.07, 6.45) is -0.271. The number of rotatable bonds is 2. The highest BCUT2D eigenvalue weighted by atomic mass is 19.1. The van der Waals surface area contributed by atoms with Crippen LogP contribution in [0.1, 0.15) is 12.0 Å². The summed E-state index contributed by atoms with van der Waals surface area (Å²) in [5.41, 5.74) is 0.886. The van der Waals surface area contributed by atoms with E-state index in [1.54, 1.807) is 19.1 Å². The summed E-state index contributed by atoms with van der Waals surface area (Å²) in [6, 6.07) is 6.16. The largest absolute Gasteiger partial charge is 0.323 e. The molecule has 1 aromatic carbocycles. The van der Waals surface area contributed by atoms with Crippen LogP contribution in [0.2, 0.25) is 0 Å². The van der Waals surface area contributed by atoms with E-state index in [1.807, 2.05) is 0 Å². The minimum absolute atomic E-state index is 0.107. The Morgan fingerprint density at radius 3 is 2.93 bits per heavy atom. The normalized spacial score (nSPS) is 9.21. The quantitative estimate of drug-likeness (QED) is 0.778. The second-order valence-corrected chi connectivity index (χ2v) is 2.87.